The molecule has 3 unspecified atom stereocenters. The fraction of sp³-hybridized carbons (Fsp3) is 1.00. The van der Waals surface area contributed by atoms with Crippen molar-refractivity contribution in [2.75, 3.05) is 19.0 Å². The molecule has 2 aliphatic rings. The Morgan fingerprint density at radius 1 is 1.54 bits per heavy atom. The molecule has 0 aliphatic carbocycles. The second kappa shape index (κ2) is 3.79. The van der Waals surface area contributed by atoms with Crippen molar-refractivity contribution < 1.29 is 9.84 Å². The number of rotatable bonds is 1. The minimum Gasteiger partial charge on any atom is -0.388 e. The summed E-state index contributed by atoms with van der Waals surface area (Å²) in [5, 5.41) is 10.9. The number of hydrogen-bond donors (Lipinski definition) is 1. The molecule has 0 saturated carbocycles. The average Bonchev–Trinajstić information content (AvgIpc) is 2.50. The first kappa shape index (κ1) is 9.81. The van der Waals surface area contributed by atoms with Crippen LogP contribution in [0.25, 0.3) is 0 Å². The highest BCUT2D eigenvalue weighted by molar-refractivity contribution is 8.00. The van der Waals surface area contributed by atoms with Crippen LogP contribution in [-0.4, -0.2) is 34.9 Å². The molecule has 0 aromatic rings. The van der Waals surface area contributed by atoms with Crippen LogP contribution < -0.4 is 0 Å². The largest absolute Gasteiger partial charge is 0.388 e. The maximum absolute atomic E-state index is 10.5. The Labute approximate surface area is 84.0 Å². The first-order valence-electron chi connectivity index (χ1n) is 5.15. The average molecular weight is 202 g/mol. The highest BCUT2D eigenvalue weighted by Gasteiger charge is 2.45. The summed E-state index contributed by atoms with van der Waals surface area (Å²) in [6.07, 6.45) is 3.21. The van der Waals surface area contributed by atoms with Gasteiger partial charge in [-0.15, -0.1) is 0 Å². The first-order valence-corrected chi connectivity index (χ1v) is 6.20. The summed E-state index contributed by atoms with van der Waals surface area (Å²) in [6, 6.07) is 0. The Kier molecular flexibility index (Phi) is 2.86. The quantitative estimate of drug-likeness (QED) is 0.701. The summed E-state index contributed by atoms with van der Waals surface area (Å²) in [4.78, 5) is 0. The minimum atomic E-state index is -0.439. The second-order valence-electron chi connectivity index (χ2n) is 4.17. The number of aliphatic hydroxyl groups is 1. The van der Waals surface area contributed by atoms with Gasteiger partial charge in [0.15, 0.2) is 0 Å². The Morgan fingerprint density at radius 3 is 2.92 bits per heavy atom. The van der Waals surface area contributed by atoms with Gasteiger partial charge in [0.25, 0.3) is 0 Å². The predicted octanol–water partition coefficient (Wildman–Crippen LogP) is 1.67. The lowest BCUT2D eigenvalue weighted by Gasteiger charge is -2.37. The summed E-state index contributed by atoms with van der Waals surface area (Å²) in [7, 11) is 0. The lowest BCUT2D eigenvalue weighted by atomic mass is 9.80. The Bertz CT molecular complexity index is 180. The van der Waals surface area contributed by atoms with Gasteiger partial charge in [-0.2, -0.15) is 11.8 Å². The van der Waals surface area contributed by atoms with Gasteiger partial charge < -0.3 is 9.84 Å². The van der Waals surface area contributed by atoms with Crippen molar-refractivity contribution in [3.05, 3.63) is 0 Å². The fourth-order valence-electron chi connectivity index (χ4n) is 2.42. The molecular formula is C10H18O2S. The van der Waals surface area contributed by atoms with Gasteiger partial charge in [-0.05, 0) is 25.0 Å². The van der Waals surface area contributed by atoms with Gasteiger partial charge in [0.05, 0.1) is 12.2 Å². The molecule has 0 radical (unpaired) electrons. The van der Waals surface area contributed by atoms with Crippen LogP contribution in [0.15, 0.2) is 0 Å². The molecule has 2 aliphatic heterocycles. The van der Waals surface area contributed by atoms with Crippen LogP contribution in [0.5, 0.6) is 0 Å². The molecule has 2 nitrogen and oxygen atoms in total. The molecule has 0 amide bonds. The molecule has 0 aromatic heterocycles. The Morgan fingerprint density at radius 2 is 2.38 bits per heavy atom. The van der Waals surface area contributed by atoms with Crippen molar-refractivity contribution in [1.82, 2.24) is 0 Å². The van der Waals surface area contributed by atoms with Crippen molar-refractivity contribution >= 4 is 11.8 Å². The van der Waals surface area contributed by atoms with Crippen molar-refractivity contribution in [3.63, 3.8) is 0 Å². The third-order valence-corrected chi connectivity index (χ3v) is 4.79. The highest BCUT2D eigenvalue weighted by atomic mass is 32.2. The van der Waals surface area contributed by atoms with Gasteiger partial charge >= 0.3 is 0 Å². The van der Waals surface area contributed by atoms with Crippen LogP contribution in [0.2, 0.25) is 0 Å². The Balaban J connectivity index is 2.03. The van der Waals surface area contributed by atoms with E-state index in [0.29, 0.717) is 11.2 Å². The standard InChI is InChI=1S/C10H18O2S/c1-8-10(11,4-6-13-8)9-3-2-5-12-7-9/h8-9,11H,2-7H2,1H3. The van der Waals surface area contributed by atoms with E-state index < -0.39 is 5.60 Å². The monoisotopic (exact) mass is 202 g/mol. The van der Waals surface area contributed by atoms with Gasteiger partial charge in [0.2, 0.25) is 0 Å². The second-order valence-corrected chi connectivity index (χ2v) is 5.62. The van der Waals surface area contributed by atoms with Gasteiger partial charge in [0, 0.05) is 17.8 Å². The zero-order valence-corrected chi connectivity index (χ0v) is 8.98. The van der Waals surface area contributed by atoms with E-state index in [9.17, 15) is 5.11 Å². The zero-order valence-electron chi connectivity index (χ0n) is 8.16. The number of ether oxygens (including phenoxy) is 1. The van der Waals surface area contributed by atoms with E-state index in [0.717, 1.165) is 38.2 Å². The van der Waals surface area contributed by atoms with Gasteiger partial charge in [0.1, 0.15) is 0 Å². The topological polar surface area (TPSA) is 29.5 Å². The molecule has 2 fully saturated rings. The van der Waals surface area contributed by atoms with Gasteiger partial charge in [-0.25, -0.2) is 0 Å². The maximum atomic E-state index is 10.5. The minimum absolute atomic E-state index is 0.381. The van der Waals surface area contributed by atoms with E-state index in [2.05, 4.69) is 6.92 Å². The van der Waals surface area contributed by atoms with Crippen LogP contribution in [0.3, 0.4) is 0 Å². The molecule has 13 heavy (non-hydrogen) atoms. The Hall–Kier alpha value is 0.270. The highest BCUT2D eigenvalue weighted by Crippen LogP contribution is 2.43. The van der Waals surface area contributed by atoms with Gasteiger partial charge in [-0.1, -0.05) is 6.92 Å². The van der Waals surface area contributed by atoms with E-state index in [-0.39, 0.29) is 0 Å². The summed E-state index contributed by atoms with van der Waals surface area (Å²) in [5.74, 6) is 1.49. The SMILES string of the molecule is CC1SCCC1(O)C1CCCOC1. The van der Waals surface area contributed by atoms with Gasteiger partial charge in [-0.3, -0.25) is 0 Å². The normalized spacial score (nSPS) is 46.6. The predicted molar refractivity (Wildman–Crippen MR) is 55.0 cm³/mol. The van der Waals surface area contributed by atoms with Crippen molar-refractivity contribution in [3.8, 4) is 0 Å². The van der Waals surface area contributed by atoms with E-state index in [4.69, 9.17) is 4.74 Å². The molecule has 1 N–H and O–H groups in total. The molecule has 3 atom stereocenters. The molecule has 76 valence electrons. The zero-order chi connectivity index (χ0) is 9.31. The van der Waals surface area contributed by atoms with Crippen molar-refractivity contribution in [1.29, 1.82) is 0 Å². The smallest absolute Gasteiger partial charge is 0.0820 e. The molecule has 0 bridgehead atoms. The van der Waals surface area contributed by atoms with Crippen LogP contribution in [-0.2, 0) is 4.74 Å². The molecule has 2 rings (SSSR count). The maximum Gasteiger partial charge on any atom is 0.0820 e. The molecule has 0 aromatic carbocycles. The van der Waals surface area contributed by atoms with Crippen LogP contribution >= 0.6 is 11.8 Å². The van der Waals surface area contributed by atoms with E-state index in [1.165, 1.54) is 0 Å². The van der Waals surface area contributed by atoms with Crippen molar-refractivity contribution in [2.45, 2.75) is 37.0 Å². The third kappa shape index (κ3) is 1.74. The van der Waals surface area contributed by atoms with Crippen molar-refractivity contribution in [2.24, 2.45) is 5.92 Å². The summed E-state index contributed by atoms with van der Waals surface area (Å²) >= 11 is 1.89. The molecule has 0 spiro atoms. The first-order chi connectivity index (χ1) is 6.23. The van der Waals surface area contributed by atoms with E-state index in [1.54, 1.807) is 0 Å². The molecule has 3 heteroatoms. The lowest BCUT2D eigenvalue weighted by Crippen LogP contribution is -2.46. The van der Waals surface area contributed by atoms with E-state index in [1.807, 2.05) is 11.8 Å². The van der Waals surface area contributed by atoms with Crippen LogP contribution in [0.4, 0.5) is 0 Å². The molecular weight excluding hydrogens is 184 g/mol. The fourth-order valence-corrected chi connectivity index (χ4v) is 3.82. The van der Waals surface area contributed by atoms with Crippen LogP contribution in [0.1, 0.15) is 26.2 Å². The number of thioether (sulfide) groups is 1. The van der Waals surface area contributed by atoms with E-state index >= 15 is 0 Å². The molecule has 2 saturated heterocycles. The summed E-state index contributed by atoms with van der Waals surface area (Å²) in [5.41, 5.74) is -0.439. The van der Waals surface area contributed by atoms with Crippen LogP contribution in [0, 0.1) is 5.92 Å². The number of hydrogen-bond acceptors (Lipinski definition) is 3. The summed E-state index contributed by atoms with van der Waals surface area (Å²) < 4.78 is 5.44. The third-order valence-electron chi connectivity index (χ3n) is 3.44. The summed E-state index contributed by atoms with van der Waals surface area (Å²) in [6.45, 7) is 3.79. The molecule has 2 heterocycles. The lowest BCUT2D eigenvalue weighted by molar-refractivity contribution is -0.0751.